The molecular formula is C21H25N3. The fraction of sp³-hybridized carbons (Fsp3) is 0.381. The Labute approximate surface area is 143 Å². The molecule has 1 aliphatic carbocycles. The van der Waals surface area contributed by atoms with Crippen LogP contribution in [0.4, 0.5) is 5.82 Å². The zero-order chi connectivity index (χ0) is 16.5. The van der Waals surface area contributed by atoms with E-state index in [0.29, 0.717) is 6.04 Å². The highest BCUT2D eigenvalue weighted by Gasteiger charge is 2.23. The van der Waals surface area contributed by atoms with Crippen molar-refractivity contribution >= 4 is 11.5 Å². The molecule has 124 valence electrons. The van der Waals surface area contributed by atoms with Crippen LogP contribution in [0.3, 0.4) is 0 Å². The zero-order valence-electron chi connectivity index (χ0n) is 14.5. The molecule has 0 aliphatic heterocycles. The van der Waals surface area contributed by atoms with E-state index >= 15 is 0 Å². The molecule has 4 rings (SSSR count). The summed E-state index contributed by atoms with van der Waals surface area (Å²) in [4.78, 5) is 4.99. The number of anilines is 1. The number of fused-ring (bicyclic) bond motifs is 1. The van der Waals surface area contributed by atoms with E-state index in [1.54, 1.807) is 0 Å². The summed E-state index contributed by atoms with van der Waals surface area (Å²) >= 11 is 0. The second kappa shape index (κ2) is 6.31. The van der Waals surface area contributed by atoms with E-state index in [2.05, 4.69) is 72.1 Å². The molecule has 0 saturated heterocycles. The monoisotopic (exact) mass is 319 g/mol. The van der Waals surface area contributed by atoms with Crippen LogP contribution in [0.1, 0.15) is 55.5 Å². The van der Waals surface area contributed by atoms with Gasteiger partial charge in [-0.1, -0.05) is 56.2 Å². The Hall–Kier alpha value is -2.29. The van der Waals surface area contributed by atoms with Crippen molar-refractivity contribution < 1.29 is 0 Å². The molecule has 1 atom stereocenters. The smallest absolute Gasteiger partial charge is 0.138 e. The number of rotatable bonds is 4. The van der Waals surface area contributed by atoms with Crippen LogP contribution >= 0.6 is 0 Å². The largest absolute Gasteiger partial charge is 0.367 e. The molecule has 3 nitrogen and oxygen atoms in total. The maximum absolute atomic E-state index is 4.99. The lowest BCUT2D eigenvalue weighted by Crippen LogP contribution is -2.18. The van der Waals surface area contributed by atoms with Gasteiger partial charge in [-0.05, 0) is 37.5 Å². The second-order valence-electron chi connectivity index (χ2n) is 6.96. The molecule has 24 heavy (non-hydrogen) atoms. The van der Waals surface area contributed by atoms with Crippen LogP contribution in [0, 0.1) is 6.92 Å². The van der Waals surface area contributed by atoms with Gasteiger partial charge in [0.25, 0.3) is 0 Å². The number of pyridine rings is 1. The van der Waals surface area contributed by atoms with Gasteiger partial charge in [0.2, 0.25) is 0 Å². The highest BCUT2D eigenvalue weighted by Crippen LogP contribution is 2.33. The van der Waals surface area contributed by atoms with Gasteiger partial charge in [-0.2, -0.15) is 0 Å². The van der Waals surface area contributed by atoms with Gasteiger partial charge in [0.1, 0.15) is 11.5 Å². The first-order chi connectivity index (χ1) is 11.7. The second-order valence-corrected chi connectivity index (χ2v) is 6.96. The van der Waals surface area contributed by atoms with Gasteiger partial charge in [0.05, 0.1) is 5.69 Å². The van der Waals surface area contributed by atoms with E-state index < -0.39 is 0 Å². The highest BCUT2D eigenvalue weighted by molar-refractivity contribution is 5.59. The minimum absolute atomic E-state index is 0.273. The van der Waals surface area contributed by atoms with E-state index in [4.69, 9.17) is 4.98 Å². The van der Waals surface area contributed by atoms with Crippen LogP contribution < -0.4 is 5.32 Å². The predicted octanol–water partition coefficient (Wildman–Crippen LogP) is 5.15. The third-order valence-electron chi connectivity index (χ3n) is 5.27. The molecule has 1 saturated carbocycles. The Bertz CT molecular complexity index is 829. The maximum Gasteiger partial charge on any atom is 0.138 e. The minimum Gasteiger partial charge on any atom is -0.367 e. The summed E-state index contributed by atoms with van der Waals surface area (Å²) in [5, 5.41) is 3.82. The number of nitrogens with one attached hydrogen (secondary N) is 1. The fourth-order valence-electron chi connectivity index (χ4n) is 3.88. The van der Waals surface area contributed by atoms with Gasteiger partial charge in [-0.15, -0.1) is 0 Å². The summed E-state index contributed by atoms with van der Waals surface area (Å²) in [6, 6.07) is 17.6. The van der Waals surface area contributed by atoms with Crippen LogP contribution in [0.2, 0.25) is 0 Å². The first-order valence-electron chi connectivity index (χ1n) is 9.03. The number of hydrogen-bond acceptors (Lipinski definition) is 2. The first kappa shape index (κ1) is 15.3. The van der Waals surface area contributed by atoms with Crippen LogP contribution in [-0.2, 0) is 0 Å². The van der Waals surface area contributed by atoms with Crippen molar-refractivity contribution in [3.8, 4) is 0 Å². The zero-order valence-corrected chi connectivity index (χ0v) is 14.5. The quantitative estimate of drug-likeness (QED) is 0.720. The molecular weight excluding hydrogens is 294 g/mol. The Morgan fingerprint density at radius 2 is 1.79 bits per heavy atom. The van der Waals surface area contributed by atoms with Crippen molar-refractivity contribution in [3.63, 3.8) is 0 Å². The fourth-order valence-corrected chi connectivity index (χ4v) is 3.88. The van der Waals surface area contributed by atoms with Gasteiger partial charge in [0.15, 0.2) is 0 Å². The lowest BCUT2D eigenvalue weighted by molar-refractivity contribution is 0.742. The summed E-state index contributed by atoms with van der Waals surface area (Å²) < 4.78 is 2.28. The molecule has 1 N–H and O–H groups in total. The Kier molecular flexibility index (Phi) is 4.01. The third-order valence-corrected chi connectivity index (χ3v) is 5.27. The molecule has 3 heteroatoms. The SMILES string of the molecule is Cc1cccc2nc(C(C)c3ccccc3)c(NC3CCCC3)n12. The highest BCUT2D eigenvalue weighted by atomic mass is 15.2. The van der Waals surface area contributed by atoms with Crippen molar-refractivity contribution in [1.82, 2.24) is 9.38 Å². The number of benzene rings is 1. The predicted molar refractivity (Wildman–Crippen MR) is 99.8 cm³/mol. The molecule has 1 aliphatic rings. The number of aryl methyl sites for hydroxylation is 1. The van der Waals surface area contributed by atoms with E-state index in [0.717, 1.165) is 11.3 Å². The molecule has 0 amide bonds. The Morgan fingerprint density at radius 1 is 1.04 bits per heavy atom. The normalized spacial score (nSPS) is 16.6. The molecule has 0 spiro atoms. The summed E-state index contributed by atoms with van der Waals surface area (Å²) in [7, 11) is 0. The average Bonchev–Trinajstić information content (AvgIpc) is 3.24. The Morgan fingerprint density at radius 3 is 2.54 bits per heavy atom. The van der Waals surface area contributed by atoms with E-state index in [-0.39, 0.29) is 5.92 Å². The van der Waals surface area contributed by atoms with E-state index in [9.17, 15) is 0 Å². The number of hydrogen-bond donors (Lipinski definition) is 1. The van der Waals surface area contributed by atoms with Crippen LogP contribution in [0.15, 0.2) is 48.5 Å². The van der Waals surface area contributed by atoms with Crippen LogP contribution in [0.25, 0.3) is 5.65 Å². The molecule has 2 heterocycles. The van der Waals surface area contributed by atoms with Crippen molar-refractivity contribution in [1.29, 1.82) is 0 Å². The average molecular weight is 319 g/mol. The van der Waals surface area contributed by atoms with E-state index in [1.807, 2.05) is 0 Å². The van der Waals surface area contributed by atoms with Crippen LogP contribution in [-0.4, -0.2) is 15.4 Å². The molecule has 3 aromatic rings. The summed E-state index contributed by atoms with van der Waals surface area (Å²) in [5.74, 6) is 1.46. The van der Waals surface area contributed by atoms with Gasteiger partial charge >= 0.3 is 0 Å². The lowest BCUT2D eigenvalue weighted by Gasteiger charge is -2.18. The number of imidazole rings is 1. The molecule has 2 aromatic heterocycles. The van der Waals surface area contributed by atoms with Crippen molar-refractivity contribution in [2.45, 2.75) is 51.5 Å². The maximum atomic E-state index is 4.99. The topological polar surface area (TPSA) is 29.3 Å². The van der Waals surface area contributed by atoms with Gasteiger partial charge in [-0.3, -0.25) is 4.40 Å². The number of nitrogens with zero attached hydrogens (tertiary/aromatic N) is 2. The molecule has 0 bridgehead atoms. The third kappa shape index (κ3) is 2.68. The first-order valence-corrected chi connectivity index (χ1v) is 9.03. The van der Waals surface area contributed by atoms with Crippen molar-refractivity contribution in [3.05, 3.63) is 65.5 Å². The summed E-state index contributed by atoms with van der Waals surface area (Å²) in [5.41, 5.74) is 4.73. The molecule has 0 radical (unpaired) electrons. The summed E-state index contributed by atoms with van der Waals surface area (Å²) in [6.45, 7) is 4.41. The van der Waals surface area contributed by atoms with Crippen molar-refractivity contribution in [2.24, 2.45) is 0 Å². The van der Waals surface area contributed by atoms with E-state index in [1.165, 1.54) is 42.8 Å². The van der Waals surface area contributed by atoms with Gasteiger partial charge in [-0.25, -0.2) is 4.98 Å². The Balaban J connectivity index is 1.82. The standard InChI is InChI=1S/C21H25N3/c1-15-9-8-14-19-23-20(16(2)17-10-4-3-5-11-17)21(24(15)19)22-18-12-6-7-13-18/h3-5,8-11,14,16,18,22H,6-7,12-13H2,1-2H3. The molecule has 1 unspecified atom stereocenters. The van der Waals surface area contributed by atoms with Crippen LogP contribution in [0.5, 0.6) is 0 Å². The van der Waals surface area contributed by atoms with Gasteiger partial charge in [0, 0.05) is 17.7 Å². The molecule has 1 aromatic carbocycles. The summed E-state index contributed by atoms with van der Waals surface area (Å²) in [6.07, 6.45) is 5.18. The molecule has 1 fully saturated rings. The lowest BCUT2D eigenvalue weighted by atomic mass is 9.97. The minimum atomic E-state index is 0.273. The van der Waals surface area contributed by atoms with Crippen molar-refractivity contribution in [2.75, 3.05) is 5.32 Å². The van der Waals surface area contributed by atoms with Gasteiger partial charge < -0.3 is 5.32 Å². The number of aromatic nitrogens is 2.